The zero-order valence-corrected chi connectivity index (χ0v) is 25.4. The van der Waals surface area contributed by atoms with Crippen LogP contribution in [0.25, 0.3) is 11.3 Å². The third-order valence-corrected chi connectivity index (χ3v) is 10.6. The lowest BCUT2D eigenvalue weighted by Crippen LogP contribution is -2.38. The van der Waals surface area contributed by atoms with E-state index in [-0.39, 0.29) is 16.6 Å². The molecule has 222 valence electrons. The minimum absolute atomic E-state index is 0.0431. The smallest absolute Gasteiger partial charge is 0.264 e. The van der Waals surface area contributed by atoms with Crippen LogP contribution in [0.4, 0.5) is 5.69 Å². The molecule has 2 bridgehead atoms. The highest BCUT2D eigenvalue weighted by molar-refractivity contribution is 7.90. The van der Waals surface area contributed by atoms with Gasteiger partial charge in [0.1, 0.15) is 11.5 Å². The number of aromatic nitrogens is 1. The van der Waals surface area contributed by atoms with Gasteiger partial charge in [-0.2, -0.15) is 0 Å². The molecular weight excluding hydrogens is 609 g/mol. The Balaban J connectivity index is 0.999. The van der Waals surface area contributed by atoms with E-state index in [1.54, 1.807) is 42.5 Å². The van der Waals surface area contributed by atoms with Gasteiger partial charge in [-0.25, -0.2) is 13.1 Å². The quantitative estimate of drug-likeness (QED) is 0.215. The summed E-state index contributed by atoms with van der Waals surface area (Å²) in [5, 5.41) is 5.43. The summed E-state index contributed by atoms with van der Waals surface area (Å²) in [6, 6.07) is 20.6. The van der Waals surface area contributed by atoms with Crippen molar-refractivity contribution in [3.8, 4) is 11.3 Å². The predicted molar refractivity (Wildman–Crippen MR) is 164 cm³/mol. The molecule has 11 heteroatoms. The van der Waals surface area contributed by atoms with E-state index < -0.39 is 15.9 Å². The summed E-state index contributed by atoms with van der Waals surface area (Å²) in [6.45, 7) is 1.22. The van der Waals surface area contributed by atoms with E-state index in [0.29, 0.717) is 45.8 Å². The average Bonchev–Trinajstić information content (AvgIpc) is 3.45. The molecule has 1 aliphatic heterocycles. The molecule has 1 aromatic heterocycles. The predicted octanol–water partition coefficient (Wildman–Crippen LogP) is 6.83. The zero-order valence-electron chi connectivity index (χ0n) is 23.1. The number of halogens is 2. The number of nitrogens with one attached hydrogen (secondary N) is 1. The summed E-state index contributed by atoms with van der Waals surface area (Å²) in [5.41, 5.74) is 3.54. The number of benzene rings is 3. The molecule has 1 saturated heterocycles. The van der Waals surface area contributed by atoms with E-state index >= 15 is 0 Å². The van der Waals surface area contributed by atoms with Crippen molar-refractivity contribution in [3.05, 3.63) is 99.7 Å². The first kappa shape index (κ1) is 28.4. The summed E-state index contributed by atoms with van der Waals surface area (Å²) >= 11 is 13.0. The molecule has 43 heavy (non-hydrogen) atoms. The van der Waals surface area contributed by atoms with Crippen LogP contribution in [-0.2, 0) is 21.4 Å². The second kappa shape index (κ2) is 11.3. The number of amides is 1. The molecule has 7 rings (SSSR count). The number of nitrogens with zero attached hydrogens (tertiary/aromatic N) is 2. The molecule has 1 N–H and O–H groups in total. The fourth-order valence-corrected chi connectivity index (χ4v) is 7.88. The number of fused-ring (bicyclic) bond motifs is 2. The maximum Gasteiger partial charge on any atom is 0.264 e. The Morgan fingerprint density at radius 3 is 2.35 bits per heavy atom. The highest BCUT2D eigenvalue weighted by Gasteiger charge is 2.45. The molecule has 8 nitrogen and oxygen atoms in total. The van der Waals surface area contributed by atoms with Gasteiger partial charge in [-0.3, -0.25) is 4.79 Å². The van der Waals surface area contributed by atoms with Gasteiger partial charge in [0.15, 0.2) is 0 Å². The first-order valence-electron chi connectivity index (χ1n) is 14.3. The molecule has 2 saturated carbocycles. The first-order valence-corrected chi connectivity index (χ1v) is 16.6. The summed E-state index contributed by atoms with van der Waals surface area (Å²) in [7, 11) is -3.94. The van der Waals surface area contributed by atoms with Crippen LogP contribution in [0.15, 0.2) is 82.2 Å². The van der Waals surface area contributed by atoms with Gasteiger partial charge in [0.2, 0.25) is 0 Å². The molecule has 3 atom stereocenters. The standard InChI is InChI=1S/C32H29Cl2N3O5S/c33-26-7-4-8-27(34)29(26)30-25(31(42-35-30)19-9-10-19)18-41-28-16-23-15-21(28)17-37(23)22-13-11-20(12-14-22)32(38)36-43(39,40)24-5-2-1-3-6-24/h1-8,11-14,19,21,23,28H,9-10,15-18H2,(H,36,38)/t21-,23-,28+/m0/s1. The van der Waals surface area contributed by atoms with Gasteiger partial charge in [-0.05, 0) is 74.2 Å². The van der Waals surface area contributed by atoms with Gasteiger partial charge in [0, 0.05) is 46.8 Å². The summed E-state index contributed by atoms with van der Waals surface area (Å²) in [6.07, 6.45) is 4.15. The van der Waals surface area contributed by atoms with Gasteiger partial charge in [-0.1, -0.05) is 52.6 Å². The lowest BCUT2D eigenvalue weighted by molar-refractivity contribution is 0.0122. The Morgan fingerprint density at radius 2 is 1.70 bits per heavy atom. The van der Waals surface area contributed by atoms with E-state index in [9.17, 15) is 13.2 Å². The Kier molecular flexibility index (Phi) is 7.45. The van der Waals surface area contributed by atoms with E-state index in [4.69, 9.17) is 32.5 Å². The fraction of sp³-hybridized carbons (Fsp3) is 0.312. The summed E-state index contributed by atoms with van der Waals surface area (Å²) < 4.78 is 39.6. The molecule has 0 radical (unpaired) electrons. The molecule has 0 unspecified atom stereocenters. The van der Waals surface area contributed by atoms with E-state index in [0.717, 1.165) is 49.2 Å². The normalized spacial score (nSPS) is 21.3. The van der Waals surface area contributed by atoms with Gasteiger partial charge < -0.3 is 14.2 Å². The number of ether oxygens (including phenoxy) is 1. The van der Waals surface area contributed by atoms with Gasteiger partial charge >= 0.3 is 0 Å². The van der Waals surface area contributed by atoms with Gasteiger partial charge in [0.05, 0.1) is 27.7 Å². The van der Waals surface area contributed by atoms with Crippen molar-refractivity contribution in [2.75, 3.05) is 11.4 Å². The van der Waals surface area contributed by atoms with E-state index in [1.165, 1.54) is 12.1 Å². The van der Waals surface area contributed by atoms with Crippen LogP contribution in [0.1, 0.15) is 53.3 Å². The maximum atomic E-state index is 12.7. The maximum absolute atomic E-state index is 12.7. The highest BCUT2D eigenvalue weighted by atomic mass is 35.5. The first-order chi connectivity index (χ1) is 20.8. The van der Waals surface area contributed by atoms with Crippen molar-refractivity contribution in [3.63, 3.8) is 0 Å². The van der Waals surface area contributed by atoms with Crippen molar-refractivity contribution in [2.24, 2.45) is 5.92 Å². The number of hydrogen-bond donors (Lipinski definition) is 1. The van der Waals surface area contributed by atoms with Gasteiger partial charge in [-0.15, -0.1) is 0 Å². The average molecular weight is 639 g/mol. The fourth-order valence-electron chi connectivity index (χ4n) is 6.31. The van der Waals surface area contributed by atoms with Crippen LogP contribution in [-0.4, -0.2) is 38.2 Å². The monoisotopic (exact) mass is 637 g/mol. The second-order valence-electron chi connectivity index (χ2n) is 11.4. The van der Waals surface area contributed by atoms with Crippen molar-refractivity contribution >= 4 is 44.8 Å². The third-order valence-electron chi connectivity index (χ3n) is 8.63. The van der Waals surface area contributed by atoms with Crippen LogP contribution >= 0.6 is 23.2 Å². The topological polar surface area (TPSA) is 102 Å². The minimum Gasteiger partial charge on any atom is -0.373 e. The second-order valence-corrected chi connectivity index (χ2v) is 13.9. The molecule has 1 amide bonds. The van der Waals surface area contributed by atoms with E-state index in [1.807, 2.05) is 18.2 Å². The number of sulfonamides is 1. The lowest BCUT2D eigenvalue weighted by atomic mass is 10.0. The SMILES string of the molecule is O=C(NS(=O)(=O)c1ccccc1)c1ccc(N2C[C@@H]3C[C@H]2C[C@H]3OCc2c(-c3c(Cl)cccc3Cl)noc2C2CC2)cc1. The molecule has 0 spiro atoms. The molecule has 3 aliphatic rings. The highest BCUT2D eigenvalue weighted by Crippen LogP contribution is 2.47. The molecule has 3 fully saturated rings. The summed E-state index contributed by atoms with van der Waals surface area (Å²) in [5.74, 6) is 0.931. The zero-order chi connectivity index (χ0) is 29.7. The number of rotatable bonds is 9. The molecule has 4 aromatic rings. The van der Waals surface area contributed by atoms with Gasteiger partial charge in [0.25, 0.3) is 15.9 Å². The Hall–Kier alpha value is -3.37. The molecular formula is C32H29Cl2N3O5S. The van der Waals surface area contributed by atoms with Crippen molar-refractivity contribution in [1.29, 1.82) is 0 Å². The van der Waals surface area contributed by atoms with Crippen LogP contribution in [0.5, 0.6) is 0 Å². The molecule has 2 aliphatic carbocycles. The van der Waals surface area contributed by atoms with Crippen molar-refractivity contribution in [1.82, 2.24) is 9.88 Å². The van der Waals surface area contributed by atoms with Crippen LogP contribution in [0, 0.1) is 5.92 Å². The Labute approximate surface area is 260 Å². The largest absolute Gasteiger partial charge is 0.373 e. The Bertz CT molecular complexity index is 1750. The molecule has 2 heterocycles. The third kappa shape index (κ3) is 5.55. The van der Waals surface area contributed by atoms with E-state index in [2.05, 4.69) is 14.8 Å². The number of anilines is 1. The number of carbonyl (C=O) groups excluding carboxylic acids is 1. The number of hydrogen-bond acceptors (Lipinski definition) is 7. The number of carbonyl (C=O) groups is 1. The number of piperidine rings is 1. The van der Waals surface area contributed by atoms with Crippen LogP contribution in [0.2, 0.25) is 10.0 Å². The van der Waals surface area contributed by atoms with Crippen molar-refractivity contribution < 1.29 is 22.5 Å². The van der Waals surface area contributed by atoms with Crippen molar-refractivity contribution in [2.45, 2.75) is 55.2 Å². The van der Waals surface area contributed by atoms with Crippen LogP contribution in [0.3, 0.4) is 0 Å². The molecule has 3 aromatic carbocycles. The summed E-state index contributed by atoms with van der Waals surface area (Å²) in [4.78, 5) is 15.1. The lowest BCUT2D eigenvalue weighted by Gasteiger charge is -2.33. The Morgan fingerprint density at radius 1 is 0.977 bits per heavy atom. The van der Waals surface area contributed by atoms with Crippen LogP contribution < -0.4 is 9.62 Å². The minimum atomic E-state index is -3.94.